The number of hydrogen-bond acceptors (Lipinski definition) is 7. The van der Waals surface area contributed by atoms with Crippen LogP contribution in [0.3, 0.4) is 0 Å². The second-order valence-corrected chi connectivity index (χ2v) is 8.46. The van der Waals surface area contributed by atoms with E-state index in [2.05, 4.69) is 5.10 Å². The number of esters is 1. The van der Waals surface area contributed by atoms with Crippen LogP contribution in [-0.2, 0) is 16.1 Å². The van der Waals surface area contributed by atoms with Crippen molar-refractivity contribution in [1.82, 2.24) is 19.2 Å². The van der Waals surface area contributed by atoms with Gasteiger partial charge < -0.3 is 14.4 Å². The summed E-state index contributed by atoms with van der Waals surface area (Å²) in [7, 11) is 1.50. The maximum absolute atomic E-state index is 13.5. The molecule has 10 nitrogen and oxygen atoms in total. The molecule has 4 rings (SSSR count). The van der Waals surface area contributed by atoms with Crippen molar-refractivity contribution in [2.24, 2.45) is 5.92 Å². The SMILES string of the molecule is CCOC(=O)C1CCCN(C(=O)c2nn(-c3cccc(OC)c3)c(=O)n(Cc3ccccc3)c2=O)C1. The Morgan fingerprint density at radius 3 is 2.58 bits per heavy atom. The molecule has 36 heavy (non-hydrogen) atoms. The van der Waals surface area contributed by atoms with Crippen molar-refractivity contribution in [2.45, 2.75) is 26.3 Å². The molecule has 2 heterocycles. The highest BCUT2D eigenvalue weighted by atomic mass is 16.5. The normalized spacial score (nSPS) is 15.4. The lowest BCUT2D eigenvalue weighted by molar-refractivity contribution is -0.149. The molecule has 1 amide bonds. The number of carbonyl (C=O) groups excluding carboxylic acids is 2. The number of ether oxygens (including phenoxy) is 2. The number of piperidine rings is 1. The number of hydrogen-bond donors (Lipinski definition) is 0. The van der Waals surface area contributed by atoms with E-state index in [0.29, 0.717) is 30.8 Å². The van der Waals surface area contributed by atoms with Crippen molar-refractivity contribution >= 4 is 11.9 Å². The van der Waals surface area contributed by atoms with E-state index in [0.717, 1.165) is 14.8 Å². The van der Waals surface area contributed by atoms with Gasteiger partial charge in [0, 0.05) is 19.2 Å². The largest absolute Gasteiger partial charge is 0.497 e. The van der Waals surface area contributed by atoms with Crippen LogP contribution in [0, 0.1) is 5.92 Å². The summed E-state index contributed by atoms with van der Waals surface area (Å²) >= 11 is 0. The first-order valence-electron chi connectivity index (χ1n) is 11.8. The molecule has 1 saturated heterocycles. The van der Waals surface area contributed by atoms with E-state index in [1.165, 1.54) is 12.0 Å². The predicted molar refractivity (Wildman–Crippen MR) is 131 cm³/mol. The Kier molecular flexibility index (Phi) is 7.62. The van der Waals surface area contributed by atoms with Gasteiger partial charge in [0.25, 0.3) is 11.5 Å². The minimum Gasteiger partial charge on any atom is -0.497 e. The fourth-order valence-electron chi connectivity index (χ4n) is 4.23. The number of amides is 1. The average Bonchev–Trinajstić information content (AvgIpc) is 2.91. The van der Waals surface area contributed by atoms with Crippen LogP contribution in [0.25, 0.3) is 5.69 Å². The predicted octanol–water partition coefficient (Wildman–Crippen LogP) is 1.87. The zero-order chi connectivity index (χ0) is 25.7. The van der Waals surface area contributed by atoms with Gasteiger partial charge in [-0.1, -0.05) is 36.4 Å². The average molecular weight is 493 g/mol. The van der Waals surface area contributed by atoms with Crippen LogP contribution < -0.4 is 16.0 Å². The van der Waals surface area contributed by atoms with E-state index in [1.54, 1.807) is 55.5 Å². The second-order valence-electron chi connectivity index (χ2n) is 8.46. The summed E-state index contributed by atoms with van der Waals surface area (Å²) in [5.74, 6) is -0.986. The van der Waals surface area contributed by atoms with Gasteiger partial charge in [-0.05, 0) is 37.5 Å². The van der Waals surface area contributed by atoms with Crippen LogP contribution in [0.15, 0.2) is 64.2 Å². The van der Waals surface area contributed by atoms with Crippen LogP contribution in [0.1, 0.15) is 35.8 Å². The summed E-state index contributed by atoms with van der Waals surface area (Å²) < 4.78 is 12.4. The highest BCUT2D eigenvalue weighted by Crippen LogP contribution is 2.19. The molecule has 0 N–H and O–H groups in total. The third kappa shape index (κ3) is 5.22. The van der Waals surface area contributed by atoms with Gasteiger partial charge in [0.2, 0.25) is 5.69 Å². The first kappa shape index (κ1) is 24.9. The number of rotatable bonds is 7. The van der Waals surface area contributed by atoms with Crippen molar-refractivity contribution in [2.75, 3.05) is 26.8 Å². The molecule has 0 radical (unpaired) electrons. The maximum atomic E-state index is 13.5. The van der Waals surface area contributed by atoms with Crippen LogP contribution in [-0.4, -0.2) is 57.9 Å². The van der Waals surface area contributed by atoms with Gasteiger partial charge in [-0.3, -0.25) is 19.0 Å². The molecule has 188 valence electrons. The van der Waals surface area contributed by atoms with Gasteiger partial charge in [-0.2, -0.15) is 9.78 Å². The lowest BCUT2D eigenvalue weighted by Gasteiger charge is -2.31. The number of nitrogens with zero attached hydrogens (tertiary/aromatic N) is 4. The van der Waals surface area contributed by atoms with Crippen LogP contribution >= 0.6 is 0 Å². The smallest absolute Gasteiger partial charge is 0.352 e. The first-order valence-corrected chi connectivity index (χ1v) is 11.8. The Hall–Kier alpha value is -4.21. The van der Waals surface area contributed by atoms with Gasteiger partial charge in [0.05, 0.1) is 31.9 Å². The number of likely N-dealkylation sites (tertiary alicyclic amines) is 1. The van der Waals surface area contributed by atoms with Crippen LogP contribution in [0.4, 0.5) is 0 Å². The lowest BCUT2D eigenvalue weighted by Crippen LogP contribution is -2.49. The van der Waals surface area contributed by atoms with Gasteiger partial charge in [-0.15, -0.1) is 0 Å². The highest BCUT2D eigenvalue weighted by Gasteiger charge is 2.32. The Morgan fingerprint density at radius 2 is 1.86 bits per heavy atom. The molecule has 0 aliphatic carbocycles. The molecule has 0 saturated carbocycles. The molecule has 10 heteroatoms. The number of aromatic nitrogens is 3. The summed E-state index contributed by atoms with van der Waals surface area (Å²) in [6.45, 7) is 2.43. The summed E-state index contributed by atoms with van der Waals surface area (Å²) in [5.41, 5.74) is -0.794. The third-order valence-corrected chi connectivity index (χ3v) is 6.07. The molecule has 1 fully saturated rings. The Balaban J connectivity index is 1.79. The molecular weight excluding hydrogens is 464 g/mol. The number of benzene rings is 2. The first-order chi connectivity index (χ1) is 17.4. The van der Waals surface area contributed by atoms with E-state index < -0.39 is 28.8 Å². The van der Waals surface area contributed by atoms with E-state index in [-0.39, 0.29) is 25.7 Å². The summed E-state index contributed by atoms with van der Waals surface area (Å²) in [6, 6.07) is 15.6. The van der Waals surface area contributed by atoms with Gasteiger partial charge in [-0.25, -0.2) is 4.79 Å². The van der Waals surface area contributed by atoms with E-state index in [9.17, 15) is 19.2 Å². The fraction of sp³-hybridized carbons (Fsp3) is 0.346. The molecule has 1 aromatic heterocycles. The molecule has 1 aliphatic rings. The summed E-state index contributed by atoms with van der Waals surface area (Å²) in [5, 5.41) is 4.21. The van der Waals surface area contributed by atoms with Gasteiger partial charge in [0.15, 0.2) is 0 Å². The van der Waals surface area contributed by atoms with Crippen molar-refractivity contribution < 1.29 is 19.1 Å². The zero-order valence-electron chi connectivity index (χ0n) is 20.3. The van der Waals surface area contributed by atoms with Crippen molar-refractivity contribution in [1.29, 1.82) is 0 Å². The molecule has 0 bridgehead atoms. The van der Waals surface area contributed by atoms with Crippen LogP contribution in [0.5, 0.6) is 5.75 Å². The molecule has 1 unspecified atom stereocenters. The maximum Gasteiger partial charge on any atom is 0.352 e. The van der Waals surface area contributed by atoms with Crippen molar-refractivity contribution in [3.63, 3.8) is 0 Å². The molecule has 1 aliphatic heterocycles. The topological polar surface area (TPSA) is 113 Å². The monoisotopic (exact) mass is 492 g/mol. The minimum atomic E-state index is -0.786. The second kappa shape index (κ2) is 11.0. The van der Waals surface area contributed by atoms with E-state index in [1.807, 2.05) is 6.07 Å². The zero-order valence-corrected chi connectivity index (χ0v) is 20.3. The standard InChI is InChI=1S/C26H28N4O6/c1-3-36-25(33)19-11-8-14-28(17-19)23(31)22-24(32)29(16-18-9-5-4-6-10-18)26(34)30(27-22)20-12-7-13-21(15-20)35-2/h4-7,9-10,12-13,15,19H,3,8,11,14,16-17H2,1-2H3. The van der Waals surface area contributed by atoms with Gasteiger partial charge in [0.1, 0.15) is 5.75 Å². The quantitative estimate of drug-likeness (QED) is 0.463. The fourth-order valence-corrected chi connectivity index (χ4v) is 4.23. The van der Waals surface area contributed by atoms with E-state index in [4.69, 9.17) is 9.47 Å². The Bertz CT molecular complexity index is 1360. The van der Waals surface area contributed by atoms with E-state index >= 15 is 0 Å². The molecular formula is C26H28N4O6. The van der Waals surface area contributed by atoms with Crippen molar-refractivity contribution in [3.05, 3.63) is 86.7 Å². The number of methoxy groups -OCH3 is 1. The minimum absolute atomic E-state index is 0.0310. The molecule has 3 aromatic rings. The molecule has 1 atom stereocenters. The summed E-state index contributed by atoms with van der Waals surface area (Å²) in [4.78, 5) is 54.1. The Labute approximate surface area is 207 Å². The van der Waals surface area contributed by atoms with Crippen LogP contribution in [0.2, 0.25) is 0 Å². The molecule has 0 spiro atoms. The Morgan fingerprint density at radius 1 is 1.08 bits per heavy atom. The molecule has 2 aromatic carbocycles. The third-order valence-electron chi connectivity index (χ3n) is 6.07. The van der Waals surface area contributed by atoms with Crippen molar-refractivity contribution in [3.8, 4) is 11.4 Å². The highest BCUT2D eigenvalue weighted by molar-refractivity contribution is 5.92. The summed E-state index contributed by atoms with van der Waals surface area (Å²) in [6.07, 6.45) is 1.18. The lowest BCUT2D eigenvalue weighted by atomic mass is 9.98. The number of carbonyl (C=O) groups is 2. The van der Waals surface area contributed by atoms with Gasteiger partial charge >= 0.3 is 11.7 Å².